The molecule has 6 nitrogen and oxygen atoms in total. The van der Waals surface area contributed by atoms with E-state index in [0.717, 1.165) is 56.6 Å². The van der Waals surface area contributed by atoms with Crippen LogP contribution in [0, 0.1) is 13.8 Å². The average Bonchev–Trinajstić information content (AvgIpc) is 3.01. The summed E-state index contributed by atoms with van der Waals surface area (Å²) in [6.07, 6.45) is 3.24. The lowest BCUT2D eigenvalue weighted by atomic mass is 10.0. The monoisotopic (exact) mass is 383 g/mol. The predicted octanol–water partition coefficient (Wildman–Crippen LogP) is 3.05. The van der Waals surface area contributed by atoms with Gasteiger partial charge in [0.05, 0.1) is 5.69 Å². The molecule has 0 radical (unpaired) electrons. The van der Waals surface area contributed by atoms with E-state index in [1.807, 2.05) is 13.8 Å². The molecule has 1 aliphatic heterocycles. The number of nitrogens with zero attached hydrogens (tertiary/aromatic N) is 3. The van der Waals surface area contributed by atoms with Crippen molar-refractivity contribution >= 4 is 5.96 Å². The van der Waals surface area contributed by atoms with Crippen molar-refractivity contribution in [3.05, 3.63) is 52.9 Å². The Labute approximate surface area is 168 Å². The van der Waals surface area contributed by atoms with Crippen molar-refractivity contribution < 1.29 is 4.52 Å². The molecule has 0 bridgehead atoms. The number of piperidine rings is 1. The number of rotatable bonds is 7. The second-order valence-electron chi connectivity index (χ2n) is 7.52. The number of nitrogens with one attached hydrogen (secondary N) is 2. The zero-order valence-electron chi connectivity index (χ0n) is 17.4. The van der Waals surface area contributed by atoms with Crippen LogP contribution in [-0.2, 0) is 13.0 Å². The Bertz CT molecular complexity index is 736. The van der Waals surface area contributed by atoms with Crippen molar-refractivity contribution in [2.24, 2.45) is 4.99 Å². The standard InChI is InChI=1S/C22H33N5O/c1-4-23-22(24-13-12-21-17(2)26-28-18(21)3)25-20-11-8-14-27(16-20)15-19-9-6-5-7-10-19/h5-7,9-10,20H,4,8,11-16H2,1-3H3,(H2,23,24,25). The van der Waals surface area contributed by atoms with Gasteiger partial charge in [0.1, 0.15) is 5.76 Å². The summed E-state index contributed by atoms with van der Waals surface area (Å²) < 4.78 is 5.25. The number of aryl methyl sites for hydroxylation is 2. The highest BCUT2D eigenvalue weighted by Gasteiger charge is 2.20. The fourth-order valence-electron chi connectivity index (χ4n) is 3.81. The zero-order valence-corrected chi connectivity index (χ0v) is 17.4. The van der Waals surface area contributed by atoms with E-state index >= 15 is 0 Å². The first kappa shape index (κ1) is 20.4. The molecule has 1 fully saturated rings. The summed E-state index contributed by atoms with van der Waals surface area (Å²) in [6, 6.07) is 11.1. The van der Waals surface area contributed by atoms with Crippen molar-refractivity contribution in [2.75, 3.05) is 26.2 Å². The van der Waals surface area contributed by atoms with Crippen molar-refractivity contribution in [1.29, 1.82) is 0 Å². The Hall–Kier alpha value is -2.34. The van der Waals surface area contributed by atoms with Gasteiger partial charge < -0.3 is 15.2 Å². The number of guanidine groups is 1. The number of aromatic nitrogens is 1. The topological polar surface area (TPSA) is 65.7 Å². The highest BCUT2D eigenvalue weighted by atomic mass is 16.5. The Kier molecular flexibility index (Phi) is 7.48. The Morgan fingerprint density at radius 2 is 2.11 bits per heavy atom. The van der Waals surface area contributed by atoms with Crippen LogP contribution in [0.2, 0.25) is 0 Å². The van der Waals surface area contributed by atoms with Crippen LogP contribution >= 0.6 is 0 Å². The van der Waals surface area contributed by atoms with Crippen LogP contribution in [0.4, 0.5) is 0 Å². The summed E-state index contributed by atoms with van der Waals surface area (Å²) in [4.78, 5) is 7.31. The Morgan fingerprint density at radius 3 is 2.82 bits per heavy atom. The third-order valence-electron chi connectivity index (χ3n) is 5.25. The van der Waals surface area contributed by atoms with Gasteiger partial charge in [-0.1, -0.05) is 35.5 Å². The van der Waals surface area contributed by atoms with Gasteiger partial charge in [0.15, 0.2) is 5.96 Å². The Balaban J connectivity index is 1.53. The lowest BCUT2D eigenvalue weighted by Crippen LogP contribution is -2.51. The van der Waals surface area contributed by atoms with Crippen LogP contribution in [0.3, 0.4) is 0 Å². The molecule has 1 aromatic carbocycles. The fourth-order valence-corrected chi connectivity index (χ4v) is 3.81. The molecular weight excluding hydrogens is 350 g/mol. The largest absolute Gasteiger partial charge is 0.361 e. The van der Waals surface area contributed by atoms with Crippen molar-refractivity contribution in [3.8, 4) is 0 Å². The van der Waals surface area contributed by atoms with Gasteiger partial charge in [0.2, 0.25) is 0 Å². The van der Waals surface area contributed by atoms with Crippen LogP contribution in [0.25, 0.3) is 0 Å². The van der Waals surface area contributed by atoms with Crippen LogP contribution in [0.1, 0.15) is 42.3 Å². The minimum atomic E-state index is 0.425. The van der Waals surface area contributed by atoms with Gasteiger partial charge in [-0.15, -0.1) is 0 Å². The molecule has 1 aliphatic rings. The number of benzene rings is 1. The smallest absolute Gasteiger partial charge is 0.191 e. The maximum Gasteiger partial charge on any atom is 0.191 e. The van der Waals surface area contributed by atoms with E-state index < -0.39 is 0 Å². The first-order chi connectivity index (χ1) is 13.7. The molecule has 0 spiro atoms. The minimum absolute atomic E-state index is 0.425. The highest BCUT2D eigenvalue weighted by molar-refractivity contribution is 5.80. The van der Waals surface area contributed by atoms with E-state index in [4.69, 9.17) is 9.52 Å². The molecule has 2 aromatic rings. The quantitative estimate of drug-likeness (QED) is 0.568. The summed E-state index contributed by atoms with van der Waals surface area (Å²) in [6.45, 7) is 10.9. The third-order valence-corrected chi connectivity index (χ3v) is 5.25. The van der Waals surface area contributed by atoms with E-state index in [1.165, 1.54) is 24.0 Å². The van der Waals surface area contributed by atoms with Crippen molar-refractivity contribution in [1.82, 2.24) is 20.7 Å². The SMILES string of the molecule is CCNC(=NCCc1c(C)noc1C)NC1CCCN(Cc2ccccc2)C1. The van der Waals surface area contributed by atoms with Gasteiger partial charge in [-0.2, -0.15) is 0 Å². The molecule has 28 heavy (non-hydrogen) atoms. The van der Waals surface area contributed by atoms with E-state index in [0.29, 0.717) is 6.04 Å². The molecule has 1 saturated heterocycles. The van der Waals surface area contributed by atoms with E-state index in [2.05, 4.69) is 57.9 Å². The molecule has 6 heteroatoms. The third kappa shape index (κ3) is 5.83. The van der Waals surface area contributed by atoms with Gasteiger partial charge in [0.25, 0.3) is 0 Å². The van der Waals surface area contributed by atoms with E-state index in [9.17, 15) is 0 Å². The molecule has 1 unspecified atom stereocenters. The molecule has 0 amide bonds. The van der Waals surface area contributed by atoms with E-state index in [-0.39, 0.29) is 0 Å². The van der Waals surface area contributed by atoms with Crippen molar-refractivity contribution in [2.45, 2.75) is 52.6 Å². The van der Waals surface area contributed by atoms with Gasteiger partial charge in [-0.25, -0.2) is 0 Å². The molecule has 2 N–H and O–H groups in total. The number of aliphatic imine (C=N–C) groups is 1. The highest BCUT2D eigenvalue weighted by Crippen LogP contribution is 2.14. The molecule has 3 rings (SSSR count). The van der Waals surface area contributed by atoms with Crippen LogP contribution in [0.5, 0.6) is 0 Å². The summed E-state index contributed by atoms with van der Waals surface area (Å²) >= 11 is 0. The molecular formula is C22H33N5O. The fraction of sp³-hybridized carbons (Fsp3) is 0.545. The number of hydrogen-bond acceptors (Lipinski definition) is 4. The Morgan fingerprint density at radius 1 is 1.29 bits per heavy atom. The first-order valence-corrected chi connectivity index (χ1v) is 10.4. The van der Waals surface area contributed by atoms with E-state index in [1.54, 1.807) is 0 Å². The number of hydrogen-bond donors (Lipinski definition) is 2. The van der Waals surface area contributed by atoms with Crippen LogP contribution < -0.4 is 10.6 Å². The zero-order chi connectivity index (χ0) is 19.8. The maximum atomic E-state index is 5.25. The van der Waals surface area contributed by atoms with Crippen LogP contribution in [-0.4, -0.2) is 48.2 Å². The normalized spacial score (nSPS) is 18.2. The first-order valence-electron chi connectivity index (χ1n) is 10.4. The lowest BCUT2D eigenvalue weighted by Gasteiger charge is -2.34. The second kappa shape index (κ2) is 10.3. The molecule has 1 aromatic heterocycles. The van der Waals surface area contributed by atoms with Gasteiger partial charge in [0, 0.05) is 37.8 Å². The maximum absolute atomic E-state index is 5.25. The second-order valence-corrected chi connectivity index (χ2v) is 7.52. The lowest BCUT2D eigenvalue weighted by molar-refractivity contribution is 0.192. The predicted molar refractivity (Wildman–Crippen MR) is 114 cm³/mol. The minimum Gasteiger partial charge on any atom is -0.361 e. The molecule has 152 valence electrons. The van der Waals surface area contributed by atoms with Gasteiger partial charge >= 0.3 is 0 Å². The summed E-state index contributed by atoms with van der Waals surface area (Å²) in [5, 5.41) is 11.1. The summed E-state index contributed by atoms with van der Waals surface area (Å²) in [5.41, 5.74) is 3.52. The van der Waals surface area contributed by atoms with Gasteiger partial charge in [-0.05, 0) is 52.1 Å². The summed E-state index contributed by atoms with van der Waals surface area (Å²) in [7, 11) is 0. The molecule has 0 saturated carbocycles. The van der Waals surface area contributed by atoms with Gasteiger partial charge in [-0.3, -0.25) is 9.89 Å². The number of likely N-dealkylation sites (tertiary alicyclic amines) is 1. The van der Waals surface area contributed by atoms with Crippen LogP contribution in [0.15, 0.2) is 39.8 Å². The molecule has 2 heterocycles. The molecule has 1 atom stereocenters. The average molecular weight is 384 g/mol. The molecule has 0 aliphatic carbocycles. The van der Waals surface area contributed by atoms with Crippen molar-refractivity contribution in [3.63, 3.8) is 0 Å². The summed E-state index contributed by atoms with van der Waals surface area (Å²) in [5.74, 6) is 1.80.